The van der Waals surface area contributed by atoms with Crippen LogP contribution < -0.4 is 0 Å². The summed E-state index contributed by atoms with van der Waals surface area (Å²) in [6.45, 7) is 9.71. The normalized spacial score (nSPS) is 37.0. The Bertz CT molecular complexity index is 272. The van der Waals surface area contributed by atoms with E-state index in [1.165, 1.54) is 38.5 Å². The first-order chi connectivity index (χ1) is 7.03. The van der Waals surface area contributed by atoms with Crippen LogP contribution in [0.1, 0.15) is 66.2 Å². The summed E-state index contributed by atoms with van der Waals surface area (Å²) in [5, 5.41) is 0. The van der Waals surface area contributed by atoms with Gasteiger partial charge in [0.15, 0.2) is 0 Å². The molecule has 2 aliphatic carbocycles. The highest BCUT2D eigenvalue weighted by molar-refractivity contribution is 5.29. The number of rotatable bonds is 1. The van der Waals surface area contributed by atoms with Crippen LogP contribution in [0, 0.1) is 17.3 Å². The van der Waals surface area contributed by atoms with Crippen molar-refractivity contribution in [2.24, 2.45) is 17.3 Å². The Hall–Kier alpha value is -0.260. The molecule has 0 heterocycles. The molecule has 86 valence electrons. The van der Waals surface area contributed by atoms with Crippen LogP contribution in [0.3, 0.4) is 0 Å². The van der Waals surface area contributed by atoms with E-state index in [0.717, 1.165) is 11.8 Å². The summed E-state index contributed by atoms with van der Waals surface area (Å²) in [6.07, 6.45) is 8.54. The molecule has 0 unspecified atom stereocenters. The van der Waals surface area contributed by atoms with Crippen LogP contribution in [0.2, 0.25) is 0 Å². The predicted molar refractivity (Wildman–Crippen MR) is 66.8 cm³/mol. The van der Waals surface area contributed by atoms with Crippen LogP contribution >= 0.6 is 0 Å². The van der Waals surface area contributed by atoms with Gasteiger partial charge in [-0.05, 0) is 55.8 Å². The summed E-state index contributed by atoms with van der Waals surface area (Å²) in [6, 6.07) is 0. The van der Waals surface area contributed by atoms with Gasteiger partial charge in [-0.2, -0.15) is 0 Å². The van der Waals surface area contributed by atoms with Gasteiger partial charge in [-0.25, -0.2) is 0 Å². The third-order valence-corrected chi connectivity index (χ3v) is 4.84. The molecular weight excluding hydrogens is 180 g/mol. The van der Waals surface area contributed by atoms with Crippen LogP contribution in [0.4, 0.5) is 0 Å². The molecule has 2 rings (SSSR count). The Labute approximate surface area is 95.1 Å². The highest BCUT2D eigenvalue weighted by Gasteiger charge is 2.38. The molecule has 15 heavy (non-hydrogen) atoms. The number of fused-ring (bicyclic) bond motifs is 1. The monoisotopic (exact) mass is 206 g/mol. The Morgan fingerprint density at radius 2 is 1.87 bits per heavy atom. The summed E-state index contributed by atoms with van der Waals surface area (Å²) in [5.41, 5.74) is 4.26. The standard InChI is InChI=1S/C15H26/c1-11(2)13-8-10-15(4)9-7-12(3)5-6-14(13)15/h11-12H,5-10H2,1-4H3/t12-,15-/m1/s1. The largest absolute Gasteiger partial charge is 0.0679 e. The van der Waals surface area contributed by atoms with Gasteiger partial charge in [0.1, 0.15) is 0 Å². The highest BCUT2D eigenvalue weighted by Crippen LogP contribution is 2.52. The van der Waals surface area contributed by atoms with Crippen molar-refractivity contribution in [3.8, 4) is 0 Å². The van der Waals surface area contributed by atoms with Gasteiger partial charge in [-0.3, -0.25) is 0 Å². The average molecular weight is 206 g/mol. The fourth-order valence-electron chi connectivity index (χ4n) is 3.58. The topological polar surface area (TPSA) is 0 Å². The van der Waals surface area contributed by atoms with E-state index in [1.807, 2.05) is 11.1 Å². The zero-order valence-electron chi connectivity index (χ0n) is 10.9. The summed E-state index contributed by atoms with van der Waals surface area (Å²) in [4.78, 5) is 0. The van der Waals surface area contributed by atoms with Crippen molar-refractivity contribution in [1.82, 2.24) is 0 Å². The van der Waals surface area contributed by atoms with Crippen LogP contribution in [-0.2, 0) is 0 Å². The molecule has 2 atom stereocenters. The second-order valence-electron chi connectivity index (χ2n) is 6.40. The minimum absolute atomic E-state index is 0.588. The lowest BCUT2D eigenvalue weighted by Crippen LogP contribution is -2.14. The van der Waals surface area contributed by atoms with E-state index in [9.17, 15) is 0 Å². The molecule has 2 aliphatic rings. The van der Waals surface area contributed by atoms with Gasteiger partial charge in [0.2, 0.25) is 0 Å². The van der Waals surface area contributed by atoms with Crippen LogP contribution in [-0.4, -0.2) is 0 Å². The third kappa shape index (κ3) is 2.00. The zero-order valence-corrected chi connectivity index (χ0v) is 10.9. The van der Waals surface area contributed by atoms with Crippen molar-refractivity contribution >= 4 is 0 Å². The Morgan fingerprint density at radius 1 is 1.13 bits per heavy atom. The van der Waals surface area contributed by atoms with Crippen LogP contribution in [0.15, 0.2) is 11.1 Å². The first kappa shape index (κ1) is 11.2. The summed E-state index contributed by atoms with van der Waals surface area (Å²) in [7, 11) is 0. The maximum atomic E-state index is 2.52. The first-order valence-corrected chi connectivity index (χ1v) is 6.75. The summed E-state index contributed by atoms with van der Waals surface area (Å²) < 4.78 is 0. The van der Waals surface area contributed by atoms with Crippen molar-refractivity contribution in [2.45, 2.75) is 66.2 Å². The van der Waals surface area contributed by atoms with E-state index in [0.29, 0.717) is 5.41 Å². The Balaban J connectivity index is 2.29. The van der Waals surface area contributed by atoms with Crippen LogP contribution in [0.5, 0.6) is 0 Å². The third-order valence-electron chi connectivity index (χ3n) is 4.84. The second-order valence-corrected chi connectivity index (χ2v) is 6.40. The van der Waals surface area contributed by atoms with E-state index in [1.54, 1.807) is 0 Å². The van der Waals surface area contributed by atoms with E-state index in [4.69, 9.17) is 0 Å². The summed E-state index contributed by atoms with van der Waals surface area (Å²) >= 11 is 0. The highest BCUT2D eigenvalue weighted by atomic mass is 14.4. The smallest absolute Gasteiger partial charge is 0.0110 e. The molecule has 0 amide bonds. The molecule has 0 aliphatic heterocycles. The molecule has 0 nitrogen and oxygen atoms in total. The van der Waals surface area contributed by atoms with E-state index in [2.05, 4.69) is 27.7 Å². The molecular formula is C15H26. The van der Waals surface area contributed by atoms with Gasteiger partial charge >= 0.3 is 0 Å². The van der Waals surface area contributed by atoms with E-state index in [-0.39, 0.29) is 0 Å². The molecule has 0 aromatic heterocycles. The van der Waals surface area contributed by atoms with Crippen molar-refractivity contribution in [1.29, 1.82) is 0 Å². The molecule has 0 spiro atoms. The summed E-state index contributed by atoms with van der Waals surface area (Å²) in [5.74, 6) is 1.74. The van der Waals surface area contributed by atoms with Gasteiger partial charge in [-0.1, -0.05) is 38.8 Å². The minimum atomic E-state index is 0.588. The first-order valence-electron chi connectivity index (χ1n) is 6.75. The van der Waals surface area contributed by atoms with Gasteiger partial charge in [0, 0.05) is 0 Å². The molecule has 0 aromatic rings. The zero-order chi connectivity index (χ0) is 11.1. The molecule has 0 N–H and O–H groups in total. The van der Waals surface area contributed by atoms with Gasteiger partial charge < -0.3 is 0 Å². The SMILES string of the molecule is CC(C)C1=C2CC[C@@H](C)CC[C@]2(C)CC1. The Kier molecular flexibility index (Phi) is 2.96. The fourth-order valence-corrected chi connectivity index (χ4v) is 3.58. The van der Waals surface area contributed by atoms with E-state index < -0.39 is 0 Å². The Morgan fingerprint density at radius 3 is 2.53 bits per heavy atom. The molecule has 0 radical (unpaired) electrons. The number of hydrogen-bond acceptors (Lipinski definition) is 0. The van der Waals surface area contributed by atoms with Gasteiger partial charge in [0.25, 0.3) is 0 Å². The van der Waals surface area contributed by atoms with Crippen molar-refractivity contribution in [3.63, 3.8) is 0 Å². The second kappa shape index (κ2) is 3.96. The maximum absolute atomic E-state index is 2.52. The minimum Gasteiger partial charge on any atom is -0.0679 e. The van der Waals surface area contributed by atoms with Crippen molar-refractivity contribution < 1.29 is 0 Å². The molecule has 0 bridgehead atoms. The number of hydrogen-bond donors (Lipinski definition) is 0. The fraction of sp³-hybridized carbons (Fsp3) is 0.867. The average Bonchev–Trinajstić information content (AvgIpc) is 2.43. The van der Waals surface area contributed by atoms with Crippen molar-refractivity contribution in [2.75, 3.05) is 0 Å². The molecule has 0 aromatic carbocycles. The predicted octanol–water partition coefficient (Wildman–Crippen LogP) is 4.95. The quantitative estimate of drug-likeness (QED) is 0.532. The lowest BCUT2D eigenvalue weighted by molar-refractivity contribution is 0.342. The van der Waals surface area contributed by atoms with Crippen LogP contribution in [0.25, 0.3) is 0 Å². The lowest BCUT2D eigenvalue weighted by Gasteiger charge is -2.26. The molecule has 0 heteroatoms. The molecule has 0 saturated heterocycles. The molecule has 1 saturated carbocycles. The van der Waals surface area contributed by atoms with Gasteiger partial charge in [-0.15, -0.1) is 0 Å². The molecule has 1 fully saturated rings. The lowest BCUT2D eigenvalue weighted by atomic mass is 9.78. The van der Waals surface area contributed by atoms with E-state index >= 15 is 0 Å². The maximum Gasteiger partial charge on any atom is -0.0110 e. The van der Waals surface area contributed by atoms with Crippen molar-refractivity contribution in [3.05, 3.63) is 11.1 Å². The van der Waals surface area contributed by atoms with Gasteiger partial charge in [0.05, 0.1) is 0 Å². The number of allylic oxidation sites excluding steroid dienone is 2.